The zero-order valence-corrected chi connectivity index (χ0v) is 15.4. The topological polar surface area (TPSA) is 58.6 Å². The lowest BCUT2D eigenvalue weighted by Gasteiger charge is -2.33. The predicted octanol–water partition coefficient (Wildman–Crippen LogP) is 3.45. The van der Waals surface area contributed by atoms with Crippen molar-refractivity contribution in [3.63, 3.8) is 0 Å². The molecule has 1 aliphatic carbocycles. The number of nitrogens with zero attached hydrogens (tertiary/aromatic N) is 1. The first-order valence-electron chi connectivity index (χ1n) is 9.29. The van der Waals surface area contributed by atoms with Crippen LogP contribution in [0.2, 0.25) is 0 Å². The van der Waals surface area contributed by atoms with Crippen LogP contribution in [0.15, 0.2) is 24.3 Å². The van der Waals surface area contributed by atoms with Crippen molar-refractivity contribution in [3.05, 3.63) is 24.3 Å². The number of amides is 2. The van der Waals surface area contributed by atoms with Crippen molar-refractivity contribution < 1.29 is 14.3 Å². The summed E-state index contributed by atoms with van der Waals surface area (Å²) in [5.74, 6) is 0.951. The van der Waals surface area contributed by atoms with Gasteiger partial charge < -0.3 is 15.0 Å². The highest BCUT2D eigenvalue weighted by Gasteiger charge is 2.58. The number of ether oxygens (including phenoxy) is 1. The Morgan fingerprint density at radius 2 is 2.00 bits per heavy atom. The summed E-state index contributed by atoms with van der Waals surface area (Å²) in [4.78, 5) is 27.7. The normalized spacial score (nSPS) is 21.8. The molecular formula is C20H28N2O3. The maximum absolute atomic E-state index is 13.0. The quantitative estimate of drug-likeness (QED) is 0.832. The van der Waals surface area contributed by atoms with Gasteiger partial charge in [-0.15, -0.1) is 0 Å². The van der Waals surface area contributed by atoms with Gasteiger partial charge in [-0.25, -0.2) is 0 Å². The zero-order valence-electron chi connectivity index (χ0n) is 15.4. The summed E-state index contributed by atoms with van der Waals surface area (Å²) in [5.41, 5.74) is -0.241. The molecule has 0 spiro atoms. The van der Waals surface area contributed by atoms with E-state index in [0.717, 1.165) is 25.9 Å². The third kappa shape index (κ3) is 3.80. The van der Waals surface area contributed by atoms with Crippen molar-refractivity contribution in [2.24, 2.45) is 11.3 Å². The van der Waals surface area contributed by atoms with Crippen molar-refractivity contribution in [2.75, 3.05) is 18.4 Å². The van der Waals surface area contributed by atoms with Gasteiger partial charge in [0.05, 0.1) is 11.8 Å². The second-order valence-corrected chi connectivity index (χ2v) is 7.70. The Hall–Kier alpha value is -2.04. The van der Waals surface area contributed by atoms with Gasteiger partial charge >= 0.3 is 0 Å². The molecule has 1 saturated carbocycles. The van der Waals surface area contributed by atoms with Crippen LogP contribution >= 0.6 is 0 Å². The molecular weight excluding hydrogens is 316 g/mol. The number of hydrogen-bond acceptors (Lipinski definition) is 3. The highest BCUT2D eigenvalue weighted by atomic mass is 16.5. The number of carbonyl (C=O) groups is 2. The van der Waals surface area contributed by atoms with Crippen molar-refractivity contribution >= 4 is 17.5 Å². The van der Waals surface area contributed by atoms with Crippen molar-refractivity contribution in [1.82, 2.24) is 4.90 Å². The number of anilines is 1. The van der Waals surface area contributed by atoms with Crippen LogP contribution in [0.25, 0.3) is 0 Å². The summed E-state index contributed by atoms with van der Waals surface area (Å²) in [6, 6.07) is 7.39. The van der Waals surface area contributed by atoms with Crippen LogP contribution in [-0.4, -0.2) is 35.9 Å². The number of para-hydroxylation sites is 2. The number of hydrogen-bond donors (Lipinski definition) is 1. The number of likely N-dealkylation sites (tertiary alicyclic amines) is 1. The number of piperidine rings is 1. The van der Waals surface area contributed by atoms with E-state index >= 15 is 0 Å². The summed E-state index contributed by atoms with van der Waals surface area (Å²) in [7, 11) is 0. The summed E-state index contributed by atoms with van der Waals surface area (Å²) >= 11 is 0. The van der Waals surface area contributed by atoms with E-state index in [9.17, 15) is 9.59 Å². The minimum atomic E-state index is -0.873. The molecule has 2 fully saturated rings. The van der Waals surface area contributed by atoms with Gasteiger partial charge in [0.25, 0.3) is 0 Å². The highest BCUT2D eigenvalue weighted by molar-refractivity contribution is 6.13. The molecule has 1 N–H and O–H groups in total. The zero-order chi connectivity index (χ0) is 18.0. The molecule has 1 unspecified atom stereocenters. The van der Waals surface area contributed by atoms with Crippen LogP contribution in [-0.2, 0) is 9.59 Å². The first-order valence-corrected chi connectivity index (χ1v) is 9.29. The van der Waals surface area contributed by atoms with Crippen LogP contribution in [0.5, 0.6) is 5.75 Å². The Kier molecular flexibility index (Phi) is 5.02. The Morgan fingerprint density at radius 1 is 1.28 bits per heavy atom. The van der Waals surface area contributed by atoms with E-state index in [1.165, 1.54) is 0 Å². The molecule has 0 bridgehead atoms. The van der Waals surface area contributed by atoms with E-state index in [-0.39, 0.29) is 17.9 Å². The van der Waals surface area contributed by atoms with Gasteiger partial charge in [-0.1, -0.05) is 19.1 Å². The molecule has 25 heavy (non-hydrogen) atoms. The van der Waals surface area contributed by atoms with E-state index in [0.29, 0.717) is 30.2 Å². The second kappa shape index (κ2) is 7.06. The Morgan fingerprint density at radius 3 is 2.64 bits per heavy atom. The minimum Gasteiger partial charge on any atom is -0.489 e. The fourth-order valence-electron chi connectivity index (χ4n) is 3.51. The van der Waals surface area contributed by atoms with Gasteiger partial charge in [0.15, 0.2) is 0 Å². The molecule has 1 heterocycles. The molecule has 2 amide bonds. The van der Waals surface area contributed by atoms with Gasteiger partial charge in [0, 0.05) is 13.1 Å². The molecule has 1 saturated heterocycles. The van der Waals surface area contributed by atoms with E-state index < -0.39 is 5.41 Å². The SMILES string of the molecule is CC1CCCN(C(=O)C2(C(=O)Nc3ccccc3OC(C)C)CC2)C1. The lowest BCUT2D eigenvalue weighted by atomic mass is 9.96. The molecule has 1 aromatic carbocycles. The van der Waals surface area contributed by atoms with Crippen LogP contribution in [0, 0.1) is 11.3 Å². The lowest BCUT2D eigenvalue weighted by molar-refractivity contribution is -0.143. The van der Waals surface area contributed by atoms with Crippen molar-refractivity contribution in [2.45, 2.75) is 52.6 Å². The first-order chi connectivity index (χ1) is 11.9. The summed E-state index contributed by atoms with van der Waals surface area (Å²) in [6.07, 6.45) is 3.47. The third-order valence-corrected chi connectivity index (χ3v) is 5.04. The summed E-state index contributed by atoms with van der Waals surface area (Å²) in [5, 5.41) is 2.94. The molecule has 1 atom stereocenters. The maximum atomic E-state index is 13.0. The van der Waals surface area contributed by atoms with Crippen LogP contribution in [0.3, 0.4) is 0 Å². The van der Waals surface area contributed by atoms with E-state index in [2.05, 4.69) is 12.2 Å². The molecule has 5 heteroatoms. The smallest absolute Gasteiger partial charge is 0.240 e. The van der Waals surface area contributed by atoms with Gasteiger partial charge in [-0.3, -0.25) is 9.59 Å². The molecule has 5 nitrogen and oxygen atoms in total. The number of carbonyl (C=O) groups excluding carboxylic acids is 2. The molecule has 2 aliphatic rings. The molecule has 3 rings (SSSR count). The van der Waals surface area contributed by atoms with Gasteiger partial charge in [-0.2, -0.15) is 0 Å². The van der Waals surface area contributed by atoms with Crippen LogP contribution < -0.4 is 10.1 Å². The Labute approximate surface area is 149 Å². The van der Waals surface area contributed by atoms with Crippen molar-refractivity contribution in [3.8, 4) is 5.75 Å². The fourth-order valence-corrected chi connectivity index (χ4v) is 3.51. The molecule has 0 aromatic heterocycles. The summed E-state index contributed by atoms with van der Waals surface area (Å²) in [6.45, 7) is 7.59. The van der Waals surface area contributed by atoms with Crippen molar-refractivity contribution in [1.29, 1.82) is 0 Å². The predicted molar refractivity (Wildman–Crippen MR) is 97.5 cm³/mol. The second-order valence-electron chi connectivity index (χ2n) is 7.70. The van der Waals surface area contributed by atoms with E-state index in [1.807, 2.05) is 43.0 Å². The van der Waals surface area contributed by atoms with E-state index in [1.54, 1.807) is 0 Å². The van der Waals surface area contributed by atoms with Gasteiger partial charge in [0.2, 0.25) is 11.8 Å². The minimum absolute atomic E-state index is 0.00110. The number of rotatable bonds is 5. The standard InChI is InChI=1S/C20H28N2O3/c1-14(2)25-17-9-5-4-8-16(17)21-18(23)20(10-11-20)19(24)22-12-6-7-15(3)13-22/h4-5,8-9,14-15H,6-7,10-13H2,1-3H3,(H,21,23). The lowest BCUT2D eigenvalue weighted by Crippen LogP contribution is -2.46. The highest BCUT2D eigenvalue weighted by Crippen LogP contribution is 2.49. The molecule has 136 valence electrons. The van der Waals surface area contributed by atoms with E-state index in [4.69, 9.17) is 4.74 Å². The fraction of sp³-hybridized carbons (Fsp3) is 0.600. The largest absolute Gasteiger partial charge is 0.489 e. The molecule has 1 aliphatic heterocycles. The van der Waals surface area contributed by atoms with Gasteiger partial charge in [-0.05, 0) is 57.6 Å². The molecule has 1 aromatic rings. The Balaban J connectivity index is 1.72. The summed E-state index contributed by atoms with van der Waals surface area (Å²) < 4.78 is 5.76. The third-order valence-electron chi connectivity index (χ3n) is 5.04. The number of nitrogens with one attached hydrogen (secondary N) is 1. The number of benzene rings is 1. The first kappa shape index (κ1) is 17.8. The maximum Gasteiger partial charge on any atom is 0.240 e. The Bertz CT molecular complexity index is 652. The monoisotopic (exact) mass is 344 g/mol. The van der Waals surface area contributed by atoms with Crippen LogP contribution in [0.1, 0.15) is 46.5 Å². The van der Waals surface area contributed by atoms with Crippen LogP contribution in [0.4, 0.5) is 5.69 Å². The average molecular weight is 344 g/mol. The molecule has 0 radical (unpaired) electrons. The average Bonchev–Trinajstić information content (AvgIpc) is 3.37. The van der Waals surface area contributed by atoms with Gasteiger partial charge in [0.1, 0.15) is 11.2 Å².